The number of carbonyl (C=O) groups is 1. The molecule has 2 N–H and O–H groups in total. The van der Waals surface area contributed by atoms with Crippen molar-refractivity contribution in [3.8, 4) is 0 Å². The summed E-state index contributed by atoms with van der Waals surface area (Å²) >= 11 is 1.61. The summed E-state index contributed by atoms with van der Waals surface area (Å²) in [7, 11) is 0. The highest BCUT2D eigenvalue weighted by Crippen LogP contribution is 2.26. The fraction of sp³-hybridized carbons (Fsp3) is 0.235. The SMILES string of the molecule is CC(C)[C@@H](NC(=O)c1n[nH]c(=O)c2ccccc12)c1cccs1. The topological polar surface area (TPSA) is 74.8 Å². The Morgan fingerprint density at radius 3 is 2.57 bits per heavy atom. The van der Waals surface area contributed by atoms with Gasteiger partial charge in [-0.1, -0.05) is 38.1 Å². The molecule has 0 aliphatic heterocycles. The van der Waals surface area contributed by atoms with Crippen LogP contribution >= 0.6 is 11.3 Å². The highest BCUT2D eigenvalue weighted by molar-refractivity contribution is 7.10. The number of hydrogen-bond acceptors (Lipinski definition) is 4. The summed E-state index contributed by atoms with van der Waals surface area (Å²) in [5, 5.41) is 12.4. The van der Waals surface area contributed by atoms with Crippen LogP contribution in [0.15, 0.2) is 46.6 Å². The number of hydrogen-bond donors (Lipinski definition) is 2. The van der Waals surface area contributed by atoms with Gasteiger partial charge in [0.1, 0.15) is 0 Å². The van der Waals surface area contributed by atoms with E-state index < -0.39 is 0 Å². The zero-order valence-electron chi connectivity index (χ0n) is 12.9. The molecule has 6 heteroatoms. The van der Waals surface area contributed by atoms with Crippen LogP contribution in [0.2, 0.25) is 0 Å². The minimum atomic E-state index is -0.296. The summed E-state index contributed by atoms with van der Waals surface area (Å²) in [6.45, 7) is 4.12. The molecule has 5 nitrogen and oxygen atoms in total. The van der Waals surface area contributed by atoms with E-state index >= 15 is 0 Å². The Hall–Kier alpha value is -2.47. The fourth-order valence-electron chi connectivity index (χ4n) is 2.53. The van der Waals surface area contributed by atoms with E-state index in [-0.39, 0.29) is 29.1 Å². The van der Waals surface area contributed by atoms with Crippen LogP contribution in [-0.2, 0) is 0 Å². The van der Waals surface area contributed by atoms with Crippen molar-refractivity contribution in [1.82, 2.24) is 15.5 Å². The maximum Gasteiger partial charge on any atom is 0.272 e. The van der Waals surface area contributed by atoms with Crippen molar-refractivity contribution < 1.29 is 4.79 Å². The number of carbonyl (C=O) groups excluding carboxylic acids is 1. The molecule has 118 valence electrons. The third-order valence-corrected chi connectivity index (χ3v) is 4.67. The summed E-state index contributed by atoms with van der Waals surface area (Å²) in [6.07, 6.45) is 0. The summed E-state index contributed by atoms with van der Waals surface area (Å²) < 4.78 is 0. The smallest absolute Gasteiger partial charge is 0.272 e. The van der Waals surface area contributed by atoms with E-state index in [1.54, 1.807) is 35.6 Å². The van der Waals surface area contributed by atoms with E-state index in [2.05, 4.69) is 29.4 Å². The molecular formula is C17H17N3O2S. The van der Waals surface area contributed by atoms with Crippen LogP contribution in [0.25, 0.3) is 10.8 Å². The molecule has 0 spiro atoms. The van der Waals surface area contributed by atoms with E-state index in [4.69, 9.17) is 0 Å². The third kappa shape index (κ3) is 3.03. The molecule has 3 aromatic rings. The second-order valence-electron chi connectivity index (χ2n) is 5.66. The van der Waals surface area contributed by atoms with Gasteiger partial charge in [0, 0.05) is 10.3 Å². The highest BCUT2D eigenvalue weighted by atomic mass is 32.1. The Morgan fingerprint density at radius 2 is 1.91 bits per heavy atom. The quantitative estimate of drug-likeness (QED) is 0.773. The number of aromatic amines is 1. The molecule has 0 saturated heterocycles. The molecule has 0 aliphatic rings. The van der Waals surface area contributed by atoms with Crippen LogP contribution < -0.4 is 10.9 Å². The van der Waals surface area contributed by atoms with E-state index in [0.29, 0.717) is 10.8 Å². The zero-order valence-corrected chi connectivity index (χ0v) is 13.7. The highest BCUT2D eigenvalue weighted by Gasteiger charge is 2.22. The molecule has 0 unspecified atom stereocenters. The number of nitrogens with one attached hydrogen (secondary N) is 2. The number of H-pyrrole nitrogens is 1. The van der Waals surface area contributed by atoms with Gasteiger partial charge in [-0.25, -0.2) is 5.10 Å². The van der Waals surface area contributed by atoms with Gasteiger partial charge in [-0.15, -0.1) is 11.3 Å². The van der Waals surface area contributed by atoms with Gasteiger partial charge in [0.15, 0.2) is 5.69 Å². The molecule has 0 radical (unpaired) electrons. The Morgan fingerprint density at radius 1 is 1.17 bits per heavy atom. The largest absolute Gasteiger partial charge is 0.343 e. The monoisotopic (exact) mass is 327 g/mol. The molecular weight excluding hydrogens is 310 g/mol. The van der Waals surface area contributed by atoms with Crippen LogP contribution in [0.4, 0.5) is 0 Å². The van der Waals surface area contributed by atoms with Crippen molar-refractivity contribution in [3.63, 3.8) is 0 Å². The van der Waals surface area contributed by atoms with E-state index in [0.717, 1.165) is 4.88 Å². The number of amides is 1. The van der Waals surface area contributed by atoms with Gasteiger partial charge in [-0.05, 0) is 23.4 Å². The van der Waals surface area contributed by atoms with Gasteiger partial charge < -0.3 is 5.32 Å². The maximum atomic E-state index is 12.7. The number of nitrogens with zero attached hydrogens (tertiary/aromatic N) is 1. The zero-order chi connectivity index (χ0) is 16.4. The average Bonchev–Trinajstić information content (AvgIpc) is 3.06. The lowest BCUT2D eigenvalue weighted by Gasteiger charge is -2.21. The molecule has 1 amide bonds. The van der Waals surface area contributed by atoms with Gasteiger partial charge in [0.05, 0.1) is 11.4 Å². The lowest BCUT2D eigenvalue weighted by Crippen LogP contribution is -2.32. The average molecular weight is 327 g/mol. The van der Waals surface area contributed by atoms with Crippen molar-refractivity contribution in [2.45, 2.75) is 19.9 Å². The van der Waals surface area contributed by atoms with Crippen LogP contribution in [0.1, 0.15) is 35.3 Å². The fourth-order valence-corrected chi connectivity index (χ4v) is 3.48. The standard InChI is InChI=1S/C17H17N3O2S/c1-10(2)14(13-8-5-9-23-13)18-17(22)15-11-6-3-4-7-12(11)16(21)20-19-15/h3-10,14H,1-2H3,(H,18,22)(H,20,21)/t14-/m1/s1. The lowest BCUT2D eigenvalue weighted by atomic mass is 10.0. The molecule has 0 saturated carbocycles. The first-order valence-corrected chi connectivity index (χ1v) is 8.27. The third-order valence-electron chi connectivity index (χ3n) is 3.71. The number of aromatic nitrogens is 2. The molecule has 3 rings (SSSR count). The van der Waals surface area contributed by atoms with E-state index in [9.17, 15) is 9.59 Å². The molecule has 0 fully saturated rings. The number of thiophene rings is 1. The Bertz CT molecular complexity index is 884. The first kappa shape index (κ1) is 15.4. The maximum absolute atomic E-state index is 12.7. The van der Waals surface area contributed by atoms with Gasteiger partial charge in [0.25, 0.3) is 11.5 Å². The number of benzene rings is 1. The molecule has 2 heterocycles. The van der Waals surface area contributed by atoms with Crippen molar-refractivity contribution >= 4 is 28.0 Å². The second-order valence-corrected chi connectivity index (χ2v) is 6.64. The van der Waals surface area contributed by atoms with Crippen LogP contribution in [0, 0.1) is 5.92 Å². The Kier molecular flexibility index (Phi) is 4.25. The molecule has 2 aromatic heterocycles. The summed E-state index contributed by atoms with van der Waals surface area (Å²) in [5.41, 5.74) is -0.0572. The van der Waals surface area contributed by atoms with Crippen molar-refractivity contribution in [2.75, 3.05) is 0 Å². The predicted octanol–water partition coefficient (Wildman–Crippen LogP) is 3.11. The van der Waals surface area contributed by atoms with Gasteiger partial charge in [0.2, 0.25) is 0 Å². The number of rotatable bonds is 4. The minimum absolute atomic E-state index is 0.0880. The van der Waals surface area contributed by atoms with Crippen molar-refractivity contribution in [2.24, 2.45) is 5.92 Å². The Balaban J connectivity index is 1.98. The number of fused-ring (bicyclic) bond motifs is 1. The van der Waals surface area contributed by atoms with Gasteiger partial charge in [-0.3, -0.25) is 9.59 Å². The molecule has 0 bridgehead atoms. The molecule has 1 atom stereocenters. The molecule has 1 aromatic carbocycles. The predicted molar refractivity (Wildman–Crippen MR) is 91.7 cm³/mol. The molecule has 23 heavy (non-hydrogen) atoms. The van der Waals surface area contributed by atoms with E-state index in [1.807, 2.05) is 17.5 Å². The van der Waals surface area contributed by atoms with E-state index in [1.165, 1.54) is 0 Å². The normalized spacial score (nSPS) is 12.5. The van der Waals surface area contributed by atoms with Crippen molar-refractivity contribution in [1.29, 1.82) is 0 Å². The summed E-state index contributed by atoms with van der Waals surface area (Å²) in [4.78, 5) is 25.6. The minimum Gasteiger partial charge on any atom is -0.343 e. The van der Waals surface area contributed by atoms with Gasteiger partial charge in [-0.2, -0.15) is 5.10 Å². The van der Waals surface area contributed by atoms with Crippen LogP contribution in [-0.4, -0.2) is 16.1 Å². The van der Waals surface area contributed by atoms with Gasteiger partial charge >= 0.3 is 0 Å². The van der Waals surface area contributed by atoms with Crippen molar-refractivity contribution in [3.05, 3.63) is 62.7 Å². The second kappa shape index (κ2) is 6.34. The molecule has 0 aliphatic carbocycles. The van der Waals surface area contributed by atoms with Crippen LogP contribution in [0.5, 0.6) is 0 Å². The first-order valence-electron chi connectivity index (χ1n) is 7.39. The summed E-state index contributed by atoms with van der Waals surface area (Å²) in [5.74, 6) is -0.0452. The van der Waals surface area contributed by atoms with Crippen LogP contribution in [0.3, 0.4) is 0 Å². The first-order chi connectivity index (χ1) is 11.1. The summed E-state index contributed by atoms with van der Waals surface area (Å²) in [6, 6.07) is 10.9. The lowest BCUT2D eigenvalue weighted by molar-refractivity contribution is 0.0922. The Labute approximate surface area is 137 Å².